The van der Waals surface area contributed by atoms with Crippen LogP contribution in [0.5, 0.6) is 5.75 Å². The monoisotopic (exact) mass is 476 g/mol. The Bertz CT molecular complexity index is 548. The molecule has 0 spiro atoms. The molecule has 0 atom stereocenters. The molecule has 140 valence electrons. The van der Waals surface area contributed by atoms with Crippen LogP contribution in [0.15, 0.2) is 41.9 Å². The van der Waals surface area contributed by atoms with E-state index in [9.17, 15) is 5.11 Å². The van der Waals surface area contributed by atoms with Crippen LogP contribution in [-0.2, 0) is 0 Å². The van der Waals surface area contributed by atoms with Crippen molar-refractivity contribution in [2.45, 2.75) is 6.92 Å². The Balaban J connectivity index is 0.00000312. The lowest BCUT2D eigenvalue weighted by Gasteiger charge is -2.37. The minimum atomic E-state index is 0. The number of thioether (sulfide) groups is 1. The van der Waals surface area contributed by atoms with E-state index in [1.807, 2.05) is 36.0 Å². The van der Waals surface area contributed by atoms with E-state index in [-0.39, 0.29) is 24.0 Å². The molecule has 5 nitrogen and oxygen atoms in total. The van der Waals surface area contributed by atoms with Gasteiger partial charge in [0.05, 0.1) is 12.2 Å². The van der Waals surface area contributed by atoms with E-state index in [1.165, 1.54) is 0 Å². The molecule has 1 saturated heterocycles. The highest BCUT2D eigenvalue weighted by Crippen LogP contribution is 2.27. The van der Waals surface area contributed by atoms with Crippen LogP contribution >= 0.6 is 35.7 Å². The van der Waals surface area contributed by atoms with Crippen molar-refractivity contribution in [2.75, 3.05) is 55.7 Å². The van der Waals surface area contributed by atoms with Crippen LogP contribution in [0.4, 0.5) is 5.69 Å². The fraction of sp³-hybridized carbons (Fsp3) is 0.500. The van der Waals surface area contributed by atoms with Gasteiger partial charge in [-0.1, -0.05) is 18.2 Å². The number of aromatic hydroxyl groups is 1. The van der Waals surface area contributed by atoms with Gasteiger partial charge in [0.25, 0.3) is 0 Å². The minimum absolute atomic E-state index is 0. The molecule has 0 aromatic heterocycles. The lowest BCUT2D eigenvalue weighted by atomic mass is 10.2. The predicted molar refractivity (Wildman–Crippen MR) is 121 cm³/mol. The second-order valence-corrected chi connectivity index (χ2v) is 6.71. The highest BCUT2D eigenvalue weighted by molar-refractivity contribution is 14.0. The Hall–Kier alpha value is -1.09. The average Bonchev–Trinajstić information content (AvgIpc) is 2.61. The van der Waals surface area contributed by atoms with Crippen molar-refractivity contribution in [3.63, 3.8) is 0 Å². The molecule has 0 saturated carbocycles. The molecule has 1 aromatic rings. The number of anilines is 1. The summed E-state index contributed by atoms with van der Waals surface area (Å²) in [5, 5.41) is 13.4. The van der Waals surface area contributed by atoms with Crippen LogP contribution in [-0.4, -0.2) is 66.7 Å². The fourth-order valence-electron chi connectivity index (χ4n) is 2.70. The summed E-state index contributed by atoms with van der Waals surface area (Å²) in [5.41, 5.74) is 0.917. The smallest absolute Gasteiger partial charge is 0.194 e. The molecule has 25 heavy (non-hydrogen) atoms. The summed E-state index contributed by atoms with van der Waals surface area (Å²) in [5.74, 6) is 3.34. The van der Waals surface area contributed by atoms with Crippen molar-refractivity contribution >= 4 is 47.4 Å². The maximum Gasteiger partial charge on any atom is 0.194 e. The van der Waals surface area contributed by atoms with Crippen molar-refractivity contribution in [1.82, 2.24) is 10.2 Å². The first-order valence-electron chi connectivity index (χ1n) is 8.51. The topological polar surface area (TPSA) is 51.1 Å². The van der Waals surface area contributed by atoms with Crippen LogP contribution in [0.2, 0.25) is 0 Å². The molecule has 1 heterocycles. The number of para-hydroxylation sites is 2. The molecule has 0 bridgehead atoms. The molecule has 1 aliphatic rings. The normalized spacial score (nSPS) is 14.8. The molecule has 1 fully saturated rings. The highest BCUT2D eigenvalue weighted by atomic mass is 127. The van der Waals surface area contributed by atoms with Gasteiger partial charge in [0.1, 0.15) is 5.75 Å². The molecule has 1 aromatic carbocycles. The third-order valence-electron chi connectivity index (χ3n) is 3.87. The average molecular weight is 476 g/mol. The van der Waals surface area contributed by atoms with Crippen LogP contribution in [0.3, 0.4) is 0 Å². The number of nitrogens with one attached hydrogen (secondary N) is 1. The zero-order chi connectivity index (χ0) is 17.2. The Morgan fingerprint density at radius 2 is 2.04 bits per heavy atom. The molecule has 7 heteroatoms. The molecule has 0 radical (unpaired) electrons. The van der Waals surface area contributed by atoms with Crippen molar-refractivity contribution in [3.8, 4) is 5.75 Å². The second kappa shape index (κ2) is 12.3. The van der Waals surface area contributed by atoms with Crippen LogP contribution in [0.25, 0.3) is 0 Å². The van der Waals surface area contributed by atoms with Crippen molar-refractivity contribution in [1.29, 1.82) is 0 Å². The van der Waals surface area contributed by atoms with Crippen LogP contribution in [0, 0.1) is 0 Å². The van der Waals surface area contributed by atoms with Gasteiger partial charge in [-0.05, 0) is 19.1 Å². The first-order valence-corrected chi connectivity index (χ1v) is 9.66. The summed E-state index contributed by atoms with van der Waals surface area (Å²) in [6, 6.07) is 7.54. The first kappa shape index (κ1) is 22.0. The largest absolute Gasteiger partial charge is 0.506 e. The van der Waals surface area contributed by atoms with Gasteiger partial charge in [0.15, 0.2) is 5.96 Å². The van der Waals surface area contributed by atoms with Gasteiger partial charge in [-0.2, -0.15) is 11.8 Å². The number of piperazine rings is 1. The molecular formula is C18H29IN4OS. The minimum Gasteiger partial charge on any atom is -0.506 e. The number of hydrogen-bond donors (Lipinski definition) is 2. The van der Waals surface area contributed by atoms with Gasteiger partial charge in [-0.25, -0.2) is 0 Å². The number of phenolic OH excluding ortho intramolecular Hbond substituents is 1. The molecule has 0 unspecified atom stereocenters. The predicted octanol–water partition coefficient (Wildman–Crippen LogP) is 3.02. The standard InChI is InChI=1S/C18H28N4OS.HI/c1-3-14-24-15-9-20-18(19-4-2)22-12-10-21(11-13-22)16-7-5-6-8-17(16)23;/h3,5-8,23H,1,4,9-15H2,2H3,(H,19,20);1H. The van der Waals surface area contributed by atoms with E-state index in [2.05, 4.69) is 28.6 Å². The Morgan fingerprint density at radius 1 is 1.32 bits per heavy atom. The maximum atomic E-state index is 10.0. The molecule has 2 rings (SSSR count). The highest BCUT2D eigenvalue weighted by Gasteiger charge is 2.21. The molecule has 2 N–H and O–H groups in total. The zero-order valence-corrected chi connectivity index (χ0v) is 18.0. The van der Waals surface area contributed by atoms with Crippen LogP contribution in [0.1, 0.15) is 6.92 Å². The lowest BCUT2D eigenvalue weighted by Crippen LogP contribution is -2.52. The van der Waals surface area contributed by atoms with Crippen LogP contribution < -0.4 is 10.2 Å². The SMILES string of the molecule is C=CCSCCN=C(NCC)N1CCN(c2ccccc2O)CC1.I. The summed E-state index contributed by atoms with van der Waals surface area (Å²) in [6.07, 6.45) is 1.93. The third kappa shape index (κ3) is 6.97. The summed E-state index contributed by atoms with van der Waals surface area (Å²) in [7, 11) is 0. The lowest BCUT2D eigenvalue weighted by molar-refractivity contribution is 0.370. The van der Waals surface area contributed by atoms with Crippen molar-refractivity contribution in [2.24, 2.45) is 4.99 Å². The molecular weight excluding hydrogens is 447 g/mol. The van der Waals surface area contributed by atoms with Gasteiger partial charge in [-0.15, -0.1) is 30.6 Å². The summed E-state index contributed by atoms with van der Waals surface area (Å²) in [4.78, 5) is 9.27. The summed E-state index contributed by atoms with van der Waals surface area (Å²) < 4.78 is 0. The number of nitrogens with zero attached hydrogens (tertiary/aromatic N) is 3. The number of phenols is 1. The van der Waals surface area contributed by atoms with Gasteiger partial charge >= 0.3 is 0 Å². The third-order valence-corrected chi connectivity index (χ3v) is 4.81. The Labute approximate surface area is 172 Å². The molecule has 0 amide bonds. The van der Waals surface area contributed by atoms with E-state index in [4.69, 9.17) is 4.99 Å². The van der Waals surface area contributed by atoms with E-state index in [0.717, 1.165) is 62.4 Å². The first-order chi connectivity index (χ1) is 11.8. The number of benzene rings is 1. The molecule has 0 aliphatic carbocycles. The maximum absolute atomic E-state index is 10.0. The fourth-order valence-corrected chi connectivity index (χ4v) is 3.25. The van der Waals surface area contributed by atoms with E-state index >= 15 is 0 Å². The Morgan fingerprint density at radius 3 is 2.68 bits per heavy atom. The van der Waals surface area contributed by atoms with E-state index in [1.54, 1.807) is 6.07 Å². The number of aliphatic imine (C=N–C) groups is 1. The van der Waals surface area contributed by atoms with E-state index < -0.39 is 0 Å². The zero-order valence-electron chi connectivity index (χ0n) is 14.9. The summed E-state index contributed by atoms with van der Waals surface area (Å²) >= 11 is 1.85. The van der Waals surface area contributed by atoms with Crippen molar-refractivity contribution < 1.29 is 5.11 Å². The van der Waals surface area contributed by atoms with Crippen molar-refractivity contribution in [3.05, 3.63) is 36.9 Å². The van der Waals surface area contributed by atoms with Gasteiger partial charge < -0.3 is 20.2 Å². The Kier molecular flexibility index (Phi) is 10.8. The van der Waals surface area contributed by atoms with E-state index in [0.29, 0.717) is 5.75 Å². The molecule has 1 aliphatic heterocycles. The quantitative estimate of drug-likeness (QED) is 0.208. The number of guanidine groups is 1. The number of halogens is 1. The summed E-state index contributed by atoms with van der Waals surface area (Å²) in [6.45, 7) is 11.1. The van der Waals surface area contributed by atoms with Gasteiger partial charge in [0.2, 0.25) is 0 Å². The number of hydrogen-bond acceptors (Lipinski definition) is 4. The number of rotatable bonds is 7. The van der Waals surface area contributed by atoms with Gasteiger partial charge in [0, 0.05) is 44.2 Å². The second-order valence-electron chi connectivity index (χ2n) is 5.56. The van der Waals surface area contributed by atoms with Gasteiger partial charge in [-0.3, -0.25) is 4.99 Å².